The summed E-state index contributed by atoms with van der Waals surface area (Å²) in [7, 11) is 0. The number of carbonyl (C=O) groups excluding carboxylic acids is 1. The van der Waals surface area contributed by atoms with Crippen molar-refractivity contribution in [3.05, 3.63) is 46.0 Å². The number of amides is 1. The first kappa shape index (κ1) is 13.9. The number of carbonyl (C=O) groups is 1. The average Bonchev–Trinajstić information content (AvgIpc) is 2.96. The molecule has 0 spiro atoms. The van der Waals surface area contributed by atoms with Crippen molar-refractivity contribution < 1.29 is 4.79 Å². The molecule has 0 fully saturated rings. The highest BCUT2D eigenvalue weighted by atomic mass is 32.1. The van der Waals surface area contributed by atoms with Crippen LogP contribution in [0.1, 0.15) is 53.3 Å². The van der Waals surface area contributed by atoms with Crippen molar-refractivity contribution in [1.82, 2.24) is 4.98 Å². The predicted octanol–water partition coefficient (Wildman–Crippen LogP) is 4.08. The van der Waals surface area contributed by atoms with E-state index in [0.717, 1.165) is 37.2 Å². The number of hydrogen-bond donors (Lipinski definition) is 1. The number of aryl methyl sites for hydroxylation is 3. The Balaban J connectivity index is 1.54. The van der Waals surface area contributed by atoms with Crippen LogP contribution in [0.25, 0.3) is 0 Å². The van der Waals surface area contributed by atoms with Crippen molar-refractivity contribution in [3.8, 4) is 0 Å². The third-order valence-corrected chi connectivity index (χ3v) is 5.83. The number of nitrogens with zero attached hydrogens (tertiary/aromatic N) is 1. The Bertz CT molecular complexity index is 683. The lowest BCUT2D eigenvalue weighted by atomic mass is 9.82. The molecular weight excluding hydrogens is 292 g/mol. The van der Waals surface area contributed by atoms with Gasteiger partial charge in [0.25, 0.3) is 0 Å². The summed E-state index contributed by atoms with van der Waals surface area (Å²) in [6.45, 7) is 0. The Labute approximate surface area is 134 Å². The fourth-order valence-electron chi connectivity index (χ4n) is 3.62. The van der Waals surface area contributed by atoms with Crippen LogP contribution in [0.5, 0.6) is 0 Å². The first-order valence-electron chi connectivity index (χ1n) is 8.18. The maximum Gasteiger partial charge on any atom is 0.233 e. The van der Waals surface area contributed by atoms with Gasteiger partial charge in [0, 0.05) is 4.88 Å². The zero-order chi connectivity index (χ0) is 14.9. The van der Waals surface area contributed by atoms with Gasteiger partial charge in [0.05, 0.1) is 11.6 Å². The molecule has 22 heavy (non-hydrogen) atoms. The second-order valence-electron chi connectivity index (χ2n) is 6.23. The van der Waals surface area contributed by atoms with E-state index in [1.807, 2.05) is 6.07 Å². The van der Waals surface area contributed by atoms with Gasteiger partial charge >= 0.3 is 0 Å². The Morgan fingerprint density at radius 1 is 1.14 bits per heavy atom. The highest BCUT2D eigenvalue weighted by Gasteiger charge is 2.27. The summed E-state index contributed by atoms with van der Waals surface area (Å²) in [4.78, 5) is 18.7. The van der Waals surface area contributed by atoms with E-state index in [9.17, 15) is 4.79 Å². The quantitative estimate of drug-likeness (QED) is 0.908. The van der Waals surface area contributed by atoms with Gasteiger partial charge in [-0.25, -0.2) is 4.98 Å². The third-order valence-electron chi connectivity index (χ3n) is 4.76. The smallest absolute Gasteiger partial charge is 0.233 e. The molecule has 4 heteroatoms. The van der Waals surface area contributed by atoms with Gasteiger partial charge in [0.2, 0.25) is 5.91 Å². The van der Waals surface area contributed by atoms with Crippen LogP contribution in [0.3, 0.4) is 0 Å². The maximum atomic E-state index is 12.7. The van der Waals surface area contributed by atoms with Crippen molar-refractivity contribution in [2.45, 2.75) is 50.9 Å². The molecule has 1 atom stereocenters. The molecule has 0 radical (unpaired) electrons. The van der Waals surface area contributed by atoms with Crippen LogP contribution in [0.15, 0.2) is 24.3 Å². The number of hydrogen-bond acceptors (Lipinski definition) is 3. The normalized spacial score (nSPS) is 20.1. The molecule has 1 N–H and O–H groups in total. The molecule has 1 heterocycles. The van der Waals surface area contributed by atoms with Gasteiger partial charge in [-0.15, -0.1) is 11.3 Å². The lowest BCUT2D eigenvalue weighted by Gasteiger charge is -2.24. The van der Waals surface area contributed by atoms with E-state index in [1.54, 1.807) is 11.3 Å². The molecule has 0 bridgehead atoms. The zero-order valence-electron chi connectivity index (χ0n) is 12.6. The molecule has 2 aliphatic carbocycles. The summed E-state index contributed by atoms with van der Waals surface area (Å²) >= 11 is 1.67. The van der Waals surface area contributed by atoms with Gasteiger partial charge in [-0.05, 0) is 56.1 Å². The minimum absolute atomic E-state index is 0.0223. The standard InChI is InChI=1S/C18H20N2OS/c21-17(14-9-5-7-12-6-1-2-8-13(12)14)20-18-19-15-10-3-4-11-16(15)22-18/h1-2,6,8,14H,3-5,7,9-11H2,(H,19,20,21)/t14-/m0/s1. The van der Waals surface area contributed by atoms with Crippen LogP contribution in [0.4, 0.5) is 5.13 Å². The average molecular weight is 312 g/mol. The fraction of sp³-hybridized carbons (Fsp3) is 0.444. The first-order valence-corrected chi connectivity index (χ1v) is 9.00. The van der Waals surface area contributed by atoms with Crippen LogP contribution in [0, 0.1) is 0 Å². The minimum Gasteiger partial charge on any atom is -0.301 e. The Morgan fingerprint density at radius 2 is 2.00 bits per heavy atom. The maximum absolute atomic E-state index is 12.7. The topological polar surface area (TPSA) is 42.0 Å². The zero-order valence-corrected chi connectivity index (χ0v) is 13.4. The largest absolute Gasteiger partial charge is 0.301 e. The Hall–Kier alpha value is -1.68. The Kier molecular flexibility index (Phi) is 3.70. The number of rotatable bonds is 2. The SMILES string of the molecule is O=C(Nc1nc2c(s1)CCCC2)[C@H]1CCCc2ccccc21. The molecule has 0 unspecified atom stereocenters. The van der Waals surface area contributed by atoms with Crippen molar-refractivity contribution in [2.24, 2.45) is 0 Å². The summed E-state index contributed by atoms with van der Waals surface area (Å²) in [5, 5.41) is 3.87. The van der Waals surface area contributed by atoms with E-state index in [-0.39, 0.29) is 11.8 Å². The van der Waals surface area contributed by atoms with E-state index in [1.165, 1.54) is 34.5 Å². The molecule has 114 valence electrons. The molecule has 0 saturated heterocycles. The second kappa shape index (κ2) is 5.84. The van der Waals surface area contributed by atoms with Crippen LogP contribution < -0.4 is 5.32 Å². The summed E-state index contributed by atoms with van der Waals surface area (Å²) < 4.78 is 0. The van der Waals surface area contributed by atoms with Crippen molar-refractivity contribution >= 4 is 22.4 Å². The molecule has 2 aliphatic rings. The Morgan fingerprint density at radius 3 is 2.91 bits per heavy atom. The highest BCUT2D eigenvalue weighted by molar-refractivity contribution is 7.15. The molecule has 3 nitrogen and oxygen atoms in total. The molecule has 1 amide bonds. The van der Waals surface area contributed by atoms with E-state index in [0.29, 0.717) is 0 Å². The second-order valence-corrected chi connectivity index (χ2v) is 7.31. The molecule has 1 aromatic heterocycles. The molecule has 1 aromatic carbocycles. The van der Waals surface area contributed by atoms with Crippen molar-refractivity contribution in [1.29, 1.82) is 0 Å². The predicted molar refractivity (Wildman–Crippen MR) is 89.5 cm³/mol. The van der Waals surface area contributed by atoms with E-state index >= 15 is 0 Å². The van der Waals surface area contributed by atoms with Crippen LogP contribution in [-0.2, 0) is 24.1 Å². The van der Waals surface area contributed by atoms with Crippen LogP contribution >= 0.6 is 11.3 Å². The number of nitrogens with one attached hydrogen (secondary N) is 1. The third kappa shape index (κ3) is 2.56. The number of thiazole rings is 1. The van der Waals surface area contributed by atoms with Gasteiger partial charge in [0.15, 0.2) is 5.13 Å². The van der Waals surface area contributed by atoms with Crippen LogP contribution in [-0.4, -0.2) is 10.9 Å². The van der Waals surface area contributed by atoms with E-state index in [4.69, 9.17) is 0 Å². The number of anilines is 1. The van der Waals surface area contributed by atoms with Crippen LogP contribution in [0.2, 0.25) is 0 Å². The lowest BCUT2D eigenvalue weighted by Crippen LogP contribution is -2.24. The lowest BCUT2D eigenvalue weighted by molar-refractivity contribution is -0.117. The number of aromatic nitrogens is 1. The first-order chi connectivity index (χ1) is 10.8. The van der Waals surface area contributed by atoms with Crippen molar-refractivity contribution in [3.63, 3.8) is 0 Å². The summed E-state index contributed by atoms with van der Waals surface area (Å²) in [5.41, 5.74) is 3.73. The van der Waals surface area contributed by atoms with E-state index < -0.39 is 0 Å². The monoisotopic (exact) mass is 312 g/mol. The summed E-state index contributed by atoms with van der Waals surface area (Å²) in [6, 6.07) is 8.35. The minimum atomic E-state index is -0.0223. The van der Waals surface area contributed by atoms with Gasteiger partial charge in [-0.1, -0.05) is 24.3 Å². The van der Waals surface area contributed by atoms with Gasteiger partial charge in [0.1, 0.15) is 0 Å². The van der Waals surface area contributed by atoms with Crippen molar-refractivity contribution in [2.75, 3.05) is 5.32 Å². The molecule has 2 aromatic rings. The molecule has 4 rings (SSSR count). The summed E-state index contributed by atoms with van der Waals surface area (Å²) in [5.74, 6) is 0.0872. The highest BCUT2D eigenvalue weighted by Crippen LogP contribution is 2.34. The van der Waals surface area contributed by atoms with Gasteiger partial charge in [-0.3, -0.25) is 4.79 Å². The summed E-state index contributed by atoms with van der Waals surface area (Å²) in [6.07, 6.45) is 7.77. The molecule has 0 saturated carbocycles. The molecule has 0 aliphatic heterocycles. The van der Waals surface area contributed by atoms with E-state index in [2.05, 4.69) is 28.5 Å². The molecular formula is C18H20N2OS. The van der Waals surface area contributed by atoms with Gasteiger partial charge < -0.3 is 5.32 Å². The number of benzene rings is 1. The fourth-order valence-corrected chi connectivity index (χ4v) is 4.68. The van der Waals surface area contributed by atoms with Gasteiger partial charge in [-0.2, -0.15) is 0 Å². The number of fused-ring (bicyclic) bond motifs is 2.